The maximum absolute atomic E-state index is 11.7. The van der Waals surface area contributed by atoms with Crippen LogP contribution in [0.25, 0.3) is 0 Å². The first-order valence-electron chi connectivity index (χ1n) is 5.34. The molecule has 0 aliphatic heterocycles. The minimum absolute atomic E-state index is 0.0207. The van der Waals surface area contributed by atoms with Gasteiger partial charge in [0.2, 0.25) is 0 Å². The molecule has 19 heavy (non-hydrogen) atoms. The first kappa shape index (κ1) is 13.6. The molecule has 2 N–H and O–H groups in total. The zero-order valence-electron chi connectivity index (χ0n) is 9.67. The van der Waals surface area contributed by atoms with E-state index in [2.05, 4.69) is 10.3 Å². The molecular weight excluding hydrogens is 290 g/mol. The van der Waals surface area contributed by atoms with Crippen LogP contribution >= 0.6 is 22.9 Å². The molecule has 0 spiro atoms. The lowest BCUT2D eigenvalue weighted by molar-refractivity contribution is 0.0690. The Morgan fingerprint density at radius 1 is 1.53 bits per heavy atom. The van der Waals surface area contributed by atoms with Crippen molar-refractivity contribution in [2.24, 2.45) is 0 Å². The molecule has 2 rings (SSSR count). The number of carboxylic acids is 1. The molecule has 1 amide bonds. The molecule has 0 radical (unpaired) electrons. The van der Waals surface area contributed by atoms with Gasteiger partial charge in [0.25, 0.3) is 5.91 Å². The Morgan fingerprint density at radius 3 is 2.89 bits per heavy atom. The van der Waals surface area contributed by atoms with Crippen molar-refractivity contribution in [2.45, 2.75) is 6.54 Å². The van der Waals surface area contributed by atoms with Crippen molar-refractivity contribution < 1.29 is 14.7 Å². The van der Waals surface area contributed by atoms with Crippen molar-refractivity contribution in [2.75, 3.05) is 6.54 Å². The number of imidazole rings is 1. The predicted octanol–water partition coefficient (Wildman–Crippen LogP) is 1.73. The minimum Gasteiger partial charge on any atom is -0.476 e. The number of aromatic carboxylic acids is 1. The fraction of sp³-hybridized carbons (Fsp3) is 0.182. The number of hydrogen-bond donors (Lipinski definition) is 2. The zero-order valence-corrected chi connectivity index (χ0v) is 11.2. The van der Waals surface area contributed by atoms with Crippen LogP contribution < -0.4 is 5.32 Å². The van der Waals surface area contributed by atoms with Crippen LogP contribution in [0.4, 0.5) is 0 Å². The number of rotatable bonds is 5. The SMILES string of the molecule is O=C(O)c1cn(CCNC(=O)c2sccc2Cl)cn1. The zero-order chi connectivity index (χ0) is 13.8. The van der Waals surface area contributed by atoms with Gasteiger partial charge in [0.05, 0.1) is 11.3 Å². The highest BCUT2D eigenvalue weighted by Gasteiger charge is 2.11. The van der Waals surface area contributed by atoms with Crippen LogP contribution in [0.5, 0.6) is 0 Å². The van der Waals surface area contributed by atoms with E-state index in [4.69, 9.17) is 16.7 Å². The van der Waals surface area contributed by atoms with Crippen LogP contribution in [0.1, 0.15) is 20.2 Å². The molecule has 0 bridgehead atoms. The highest BCUT2D eigenvalue weighted by molar-refractivity contribution is 7.12. The summed E-state index contributed by atoms with van der Waals surface area (Å²) in [6, 6.07) is 1.66. The summed E-state index contributed by atoms with van der Waals surface area (Å²) in [6.45, 7) is 0.803. The third-order valence-electron chi connectivity index (χ3n) is 2.33. The Kier molecular flexibility index (Phi) is 4.18. The molecular formula is C11H10ClN3O3S. The van der Waals surface area contributed by atoms with E-state index in [0.717, 1.165) is 0 Å². The molecule has 100 valence electrons. The Labute approximate surface area is 117 Å². The normalized spacial score (nSPS) is 10.4. The topological polar surface area (TPSA) is 84.2 Å². The van der Waals surface area contributed by atoms with E-state index < -0.39 is 5.97 Å². The van der Waals surface area contributed by atoms with Crippen molar-refractivity contribution in [3.05, 3.63) is 39.6 Å². The Balaban J connectivity index is 1.85. The van der Waals surface area contributed by atoms with Gasteiger partial charge < -0.3 is 15.0 Å². The fourth-order valence-corrected chi connectivity index (χ4v) is 2.48. The molecule has 0 aliphatic carbocycles. The van der Waals surface area contributed by atoms with Crippen LogP contribution in [0.3, 0.4) is 0 Å². The van der Waals surface area contributed by atoms with Gasteiger partial charge >= 0.3 is 5.97 Å². The van der Waals surface area contributed by atoms with Crippen LogP contribution in [0.2, 0.25) is 5.02 Å². The average molecular weight is 300 g/mol. The highest BCUT2D eigenvalue weighted by atomic mass is 35.5. The highest BCUT2D eigenvalue weighted by Crippen LogP contribution is 2.21. The van der Waals surface area contributed by atoms with Gasteiger partial charge in [-0.1, -0.05) is 11.6 Å². The average Bonchev–Trinajstić information content (AvgIpc) is 2.97. The second-order valence-corrected chi connectivity index (χ2v) is 4.98. The molecule has 0 aromatic carbocycles. The molecule has 0 aliphatic rings. The number of thiophene rings is 1. The number of carbonyl (C=O) groups is 2. The van der Waals surface area contributed by atoms with E-state index >= 15 is 0 Å². The lowest BCUT2D eigenvalue weighted by Crippen LogP contribution is -2.26. The lowest BCUT2D eigenvalue weighted by atomic mass is 10.4. The molecule has 0 saturated heterocycles. The number of carbonyl (C=O) groups excluding carboxylic acids is 1. The van der Waals surface area contributed by atoms with E-state index in [0.29, 0.717) is 23.0 Å². The van der Waals surface area contributed by atoms with E-state index in [-0.39, 0.29) is 11.6 Å². The number of aromatic nitrogens is 2. The maximum Gasteiger partial charge on any atom is 0.356 e. The van der Waals surface area contributed by atoms with Gasteiger partial charge in [0.1, 0.15) is 4.88 Å². The molecule has 8 heteroatoms. The van der Waals surface area contributed by atoms with Crippen molar-refractivity contribution >= 4 is 34.8 Å². The second kappa shape index (κ2) is 5.85. The number of hydrogen-bond acceptors (Lipinski definition) is 4. The van der Waals surface area contributed by atoms with Gasteiger partial charge in [-0.15, -0.1) is 11.3 Å². The molecule has 0 atom stereocenters. The quantitative estimate of drug-likeness (QED) is 0.880. The van der Waals surface area contributed by atoms with E-state index in [1.54, 1.807) is 16.0 Å². The number of halogens is 1. The number of amides is 1. The number of nitrogens with zero attached hydrogens (tertiary/aromatic N) is 2. The largest absolute Gasteiger partial charge is 0.476 e. The van der Waals surface area contributed by atoms with E-state index in [9.17, 15) is 9.59 Å². The summed E-state index contributed by atoms with van der Waals surface area (Å²) < 4.78 is 1.60. The van der Waals surface area contributed by atoms with Crippen molar-refractivity contribution in [1.82, 2.24) is 14.9 Å². The van der Waals surface area contributed by atoms with E-state index in [1.807, 2.05) is 0 Å². The van der Waals surface area contributed by atoms with E-state index in [1.165, 1.54) is 23.9 Å². The van der Waals surface area contributed by atoms with Gasteiger partial charge in [-0.25, -0.2) is 9.78 Å². The van der Waals surface area contributed by atoms with Crippen LogP contribution in [0, 0.1) is 0 Å². The van der Waals surface area contributed by atoms with Crippen LogP contribution in [-0.4, -0.2) is 33.1 Å². The van der Waals surface area contributed by atoms with Crippen molar-refractivity contribution in [3.8, 4) is 0 Å². The summed E-state index contributed by atoms with van der Waals surface area (Å²) in [5, 5.41) is 13.6. The molecule has 2 aromatic rings. The van der Waals surface area contributed by atoms with Crippen molar-refractivity contribution in [1.29, 1.82) is 0 Å². The monoisotopic (exact) mass is 299 g/mol. The number of nitrogens with one attached hydrogen (secondary N) is 1. The summed E-state index contributed by atoms with van der Waals surface area (Å²) in [5.41, 5.74) is -0.0207. The molecule has 2 heterocycles. The van der Waals surface area contributed by atoms with Gasteiger partial charge in [-0.2, -0.15) is 0 Å². The first-order valence-corrected chi connectivity index (χ1v) is 6.60. The second-order valence-electron chi connectivity index (χ2n) is 3.66. The minimum atomic E-state index is -1.08. The fourth-order valence-electron chi connectivity index (χ4n) is 1.43. The summed E-state index contributed by atoms with van der Waals surface area (Å²) in [6.07, 6.45) is 2.82. The van der Waals surface area contributed by atoms with Gasteiger partial charge in [-0.05, 0) is 11.4 Å². The third-order valence-corrected chi connectivity index (χ3v) is 3.67. The molecule has 2 aromatic heterocycles. The lowest BCUT2D eigenvalue weighted by Gasteiger charge is -2.04. The van der Waals surface area contributed by atoms with Crippen LogP contribution in [0.15, 0.2) is 24.0 Å². The Hall–Kier alpha value is -1.86. The molecule has 0 unspecified atom stereocenters. The summed E-state index contributed by atoms with van der Waals surface area (Å²) in [7, 11) is 0. The number of carboxylic acid groups (broad SMARTS) is 1. The molecule has 6 nitrogen and oxygen atoms in total. The van der Waals surface area contributed by atoms with Crippen molar-refractivity contribution in [3.63, 3.8) is 0 Å². The van der Waals surface area contributed by atoms with Gasteiger partial charge in [0.15, 0.2) is 5.69 Å². The van der Waals surface area contributed by atoms with Gasteiger partial charge in [0, 0.05) is 19.3 Å². The van der Waals surface area contributed by atoms with Crippen LogP contribution in [-0.2, 0) is 6.54 Å². The standard InChI is InChI=1S/C11H10ClN3O3S/c12-7-1-4-19-9(7)10(16)13-2-3-15-5-8(11(17)18)14-6-15/h1,4-6H,2-3H2,(H,13,16)(H,17,18). The Bertz CT molecular complexity index is 608. The smallest absolute Gasteiger partial charge is 0.356 e. The predicted molar refractivity (Wildman–Crippen MR) is 70.8 cm³/mol. The Morgan fingerprint density at radius 2 is 2.32 bits per heavy atom. The third kappa shape index (κ3) is 3.33. The first-order chi connectivity index (χ1) is 9.08. The summed E-state index contributed by atoms with van der Waals surface area (Å²) >= 11 is 7.11. The maximum atomic E-state index is 11.7. The summed E-state index contributed by atoms with van der Waals surface area (Å²) in [5.74, 6) is -1.31. The van der Waals surface area contributed by atoms with Gasteiger partial charge in [-0.3, -0.25) is 4.79 Å². The molecule has 0 fully saturated rings. The molecule has 0 saturated carbocycles. The summed E-state index contributed by atoms with van der Waals surface area (Å²) in [4.78, 5) is 26.5.